The zero-order chi connectivity index (χ0) is 29.8. The smallest absolute Gasteiger partial charge is 0.244 e. The lowest BCUT2D eigenvalue weighted by Gasteiger charge is -2.28. The van der Waals surface area contributed by atoms with Gasteiger partial charge in [-0.15, -0.1) is 0 Å². The summed E-state index contributed by atoms with van der Waals surface area (Å²) in [4.78, 5) is 14.6. The first-order valence-electron chi connectivity index (χ1n) is 14.6. The van der Waals surface area contributed by atoms with Crippen LogP contribution in [0.15, 0.2) is 134 Å². The zero-order valence-corrected chi connectivity index (χ0v) is 23.7. The summed E-state index contributed by atoms with van der Waals surface area (Å²) in [5, 5.41) is 5.08. The molecule has 0 fully saturated rings. The molecule has 1 aliphatic heterocycles. The van der Waals surface area contributed by atoms with Crippen molar-refractivity contribution in [2.45, 2.75) is 18.5 Å². The molecule has 6 heteroatoms. The summed E-state index contributed by atoms with van der Waals surface area (Å²) in [6.07, 6.45) is 4.10. The van der Waals surface area contributed by atoms with Gasteiger partial charge >= 0.3 is 0 Å². The maximum absolute atomic E-state index is 14.6. The highest BCUT2D eigenvalue weighted by Gasteiger charge is 2.52. The van der Waals surface area contributed by atoms with E-state index in [1.807, 2.05) is 72.8 Å². The zero-order valence-electron chi connectivity index (χ0n) is 23.7. The van der Waals surface area contributed by atoms with Gasteiger partial charge in [-0.1, -0.05) is 78.9 Å². The highest BCUT2D eigenvalue weighted by Crippen LogP contribution is 2.52. The van der Waals surface area contributed by atoms with Crippen molar-refractivity contribution in [3.8, 4) is 0 Å². The van der Waals surface area contributed by atoms with Crippen LogP contribution in [0.1, 0.15) is 27.8 Å². The number of benzene rings is 5. The topological polar surface area (TPSA) is 39.0 Å². The number of amides is 1. The lowest BCUT2D eigenvalue weighted by molar-refractivity contribution is -0.118. The Morgan fingerprint density at radius 3 is 1.61 bits per heavy atom. The standard InChI is InChI=1S/C38H27F2N3O/c39-27-11-7-9-25(19-27)21-42-23-32(29-13-1-5-17-35(29)42)38(31-15-3-4-16-34(31)41-37(38)44)33-24-43(36-18-6-2-14-30(33)36)22-26-10-8-12-28(40)20-26/h1-20,23-24H,21-22H2,(H,41,44). The Bertz CT molecular complexity index is 2100. The summed E-state index contributed by atoms with van der Waals surface area (Å²) in [5.41, 5.74) is 5.70. The molecule has 8 rings (SSSR count). The number of para-hydroxylation sites is 3. The molecule has 0 spiro atoms. The van der Waals surface area contributed by atoms with Gasteiger partial charge in [0.05, 0.1) is 0 Å². The molecule has 0 unspecified atom stereocenters. The van der Waals surface area contributed by atoms with Crippen LogP contribution in [0.4, 0.5) is 14.5 Å². The molecule has 3 heterocycles. The Kier molecular flexibility index (Phi) is 5.98. The molecular weight excluding hydrogens is 552 g/mol. The van der Waals surface area contributed by atoms with E-state index in [1.54, 1.807) is 24.3 Å². The van der Waals surface area contributed by atoms with Gasteiger partial charge in [0.2, 0.25) is 5.91 Å². The maximum atomic E-state index is 14.6. The summed E-state index contributed by atoms with van der Waals surface area (Å²) in [6, 6.07) is 37.2. The summed E-state index contributed by atoms with van der Waals surface area (Å²) in [5.74, 6) is -0.710. The van der Waals surface area contributed by atoms with Gasteiger partial charge in [-0.2, -0.15) is 0 Å². The van der Waals surface area contributed by atoms with Crippen molar-refractivity contribution in [2.75, 3.05) is 5.32 Å². The van der Waals surface area contributed by atoms with Crippen LogP contribution in [-0.2, 0) is 23.3 Å². The van der Waals surface area contributed by atoms with Gasteiger partial charge in [0.25, 0.3) is 0 Å². The van der Waals surface area contributed by atoms with Crippen LogP contribution in [0.2, 0.25) is 0 Å². The first kappa shape index (κ1) is 26.2. The van der Waals surface area contributed by atoms with Crippen LogP contribution >= 0.6 is 0 Å². The fourth-order valence-electron chi connectivity index (χ4n) is 6.95. The predicted octanol–water partition coefficient (Wildman–Crippen LogP) is 8.26. The average Bonchev–Trinajstić information content (AvgIpc) is 3.67. The second-order valence-electron chi connectivity index (χ2n) is 11.4. The van der Waals surface area contributed by atoms with E-state index in [-0.39, 0.29) is 17.5 Å². The van der Waals surface area contributed by atoms with Crippen molar-refractivity contribution < 1.29 is 13.6 Å². The van der Waals surface area contributed by atoms with Gasteiger partial charge in [0.1, 0.15) is 17.0 Å². The first-order valence-corrected chi connectivity index (χ1v) is 14.6. The summed E-state index contributed by atoms with van der Waals surface area (Å²) < 4.78 is 32.6. The lowest BCUT2D eigenvalue weighted by Crippen LogP contribution is -2.36. The Labute approximate surface area is 252 Å². The number of halogens is 2. The third kappa shape index (κ3) is 3.98. The molecule has 4 nitrogen and oxygen atoms in total. The number of nitrogens with one attached hydrogen (secondary N) is 1. The molecule has 5 aromatic carbocycles. The maximum Gasteiger partial charge on any atom is 0.244 e. The van der Waals surface area contributed by atoms with Gasteiger partial charge in [0, 0.05) is 69.7 Å². The highest BCUT2D eigenvalue weighted by atomic mass is 19.1. The minimum absolute atomic E-state index is 0.138. The Morgan fingerprint density at radius 1 is 0.568 bits per heavy atom. The van der Waals surface area contributed by atoms with E-state index < -0.39 is 5.41 Å². The molecule has 214 valence electrons. The summed E-state index contributed by atoms with van der Waals surface area (Å²) in [6.45, 7) is 0.887. The van der Waals surface area contributed by atoms with E-state index in [4.69, 9.17) is 0 Å². The van der Waals surface area contributed by atoms with Gasteiger partial charge in [-0.25, -0.2) is 8.78 Å². The van der Waals surface area contributed by atoms with Crippen molar-refractivity contribution in [3.05, 3.63) is 173 Å². The molecular formula is C38H27F2N3O. The molecule has 0 saturated carbocycles. The summed E-state index contributed by atoms with van der Waals surface area (Å²) >= 11 is 0. The average molecular weight is 580 g/mol. The predicted molar refractivity (Wildman–Crippen MR) is 170 cm³/mol. The van der Waals surface area contributed by atoms with Crippen molar-refractivity contribution >= 4 is 33.4 Å². The van der Waals surface area contributed by atoms with E-state index in [0.29, 0.717) is 13.1 Å². The molecule has 0 aliphatic carbocycles. The SMILES string of the molecule is O=C1Nc2ccccc2C1(c1cn(Cc2cccc(F)c2)c2ccccc12)c1cn(Cc2cccc(F)c2)c2ccccc12. The van der Waals surface area contributed by atoms with Gasteiger partial charge < -0.3 is 14.5 Å². The molecule has 0 saturated heterocycles. The Balaban J connectivity index is 1.41. The van der Waals surface area contributed by atoms with E-state index >= 15 is 0 Å². The number of aromatic nitrogens is 2. The van der Waals surface area contributed by atoms with E-state index in [0.717, 1.165) is 55.3 Å². The molecule has 7 aromatic rings. The van der Waals surface area contributed by atoms with Crippen molar-refractivity contribution in [2.24, 2.45) is 0 Å². The first-order chi connectivity index (χ1) is 21.5. The number of fused-ring (bicyclic) bond motifs is 3. The molecule has 0 bridgehead atoms. The third-order valence-electron chi connectivity index (χ3n) is 8.79. The molecule has 1 N–H and O–H groups in total. The third-order valence-corrected chi connectivity index (χ3v) is 8.79. The Hall–Kier alpha value is -5.49. The fraction of sp³-hybridized carbons (Fsp3) is 0.0789. The number of nitrogens with zero attached hydrogens (tertiary/aromatic N) is 2. The quantitative estimate of drug-likeness (QED) is 0.212. The number of carbonyl (C=O) groups excluding carboxylic acids is 1. The van der Waals surface area contributed by atoms with Crippen LogP contribution in [0, 0.1) is 11.6 Å². The molecule has 0 atom stereocenters. The normalized spacial score (nSPS) is 13.8. The summed E-state index contributed by atoms with van der Waals surface area (Å²) in [7, 11) is 0. The minimum atomic E-state index is -1.18. The second kappa shape index (κ2) is 10.1. The van der Waals surface area contributed by atoms with Gasteiger partial charge in [-0.05, 0) is 53.6 Å². The van der Waals surface area contributed by atoms with Gasteiger partial charge in [0.15, 0.2) is 0 Å². The lowest BCUT2D eigenvalue weighted by atomic mass is 9.70. The number of hydrogen-bond donors (Lipinski definition) is 1. The number of rotatable bonds is 6. The van der Waals surface area contributed by atoms with Crippen LogP contribution in [0.3, 0.4) is 0 Å². The Morgan fingerprint density at radius 2 is 1.07 bits per heavy atom. The van der Waals surface area contributed by atoms with Crippen molar-refractivity contribution in [1.29, 1.82) is 0 Å². The van der Waals surface area contributed by atoms with Crippen LogP contribution < -0.4 is 5.32 Å². The monoisotopic (exact) mass is 579 g/mol. The van der Waals surface area contributed by atoms with E-state index in [1.165, 1.54) is 12.1 Å². The van der Waals surface area contributed by atoms with E-state index in [9.17, 15) is 13.6 Å². The highest BCUT2D eigenvalue weighted by molar-refractivity contribution is 6.15. The number of hydrogen-bond acceptors (Lipinski definition) is 1. The van der Waals surface area contributed by atoms with Gasteiger partial charge in [-0.3, -0.25) is 4.79 Å². The molecule has 1 aliphatic rings. The number of carbonyl (C=O) groups is 1. The van der Waals surface area contributed by atoms with Crippen molar-refractivity contribution in [1.82, 2.24) is 9.13 Å². The number of anilines is 1. The molecule has 2 aromatic heterocycles. The minimum Gasteiger partial charge on any atom is -0.343 e. The van der Waals surface area contributed by atoms with Crippen LogP contribution in [0.5, 0.6) is 0 Å². The molecule has 0 radical (unpaired) electrons. The van der Waals surface area contributed by atoms with Crippen molar-refractivity contribution in [3.63, 3.8) is 0 Å². The van der Waals surface area contributed by atoms with Crippen LogP contribution in [0.25, 0.3) is 21.8 Å². The van der Waals surface area contributed by atoms with E-state index in [2.05, 4.69) is 39.0 Å². The fourth-order valence-corrected chi connectivity index (χ4v) is 6.95. The molecule has 44 heavy (non-hydrogen) atoms. The molecule has 1 amide bonds. The van der Waals surface area contributed by atoms with Crippen LogP contribution in [-0.4, -0.2) is 15.0 Å². The second-order valence-corrected chi connectivity index (χ2v) is 11.4. The largest absolute Gasteiger partial charge is 0.343 e.